The molecule has 18 heavy (non-hydrogen) atoms. The van der Waals surface area contributed by atoms with Gasteiger partial charge in [-0.15, -0.1) is 0 Å². The van der Waals surface area contributed by atoms with E-state index in [9.17, 15) is 4.79 Å². The summed E-state index contributed by atoms with van der Waals surface area (Å²) in [7, 11) is 0. The number of H-pyrrole nitrogens is 1. The van der Waals surface area contributed by atoms with Crippen LogP contribution in [0.25, 0.3) is 10.9 Å². The summed E-state index contributed by atoms with van der Waals surface area (Å²) in [5, 5.41) is 1.18. The molecular formula is C15H16ClNO. The molecule has 0 saturated carbocycles. The summed E-state index contributed by atoms with van der Waals surface area (Å²) in [6.07, 6.45) is 2.83. The number of benzene rings is 1. The van der Waals surface area contributed by atoms with Crippen LogP contribution in [0.15, 0.2) is 23.0 Å². The molecule has 0 unspecified atom stereocenters. The molecule has 0 aliphatic heterocycles. The van der Waals surface area contributed by atoms with Gasteiger partial charge >= 0.3 is 0 Å². The van der Waals surface area contributed by atoms with Crippen LogP contribution in [0.2, 0.25) is 5.02 Å². The SMILES string of the molecule is CC1(C)CCc2c([nH]c3cccc(Cl)c3c2=O)C1. The molecule has 0 fully saturated rings. The Morgan fingerprint density at radius 3 is 2.89 bits per heavy atom. The van der Waals surface area contributed by atoms with Crippen molar-refractivity contribution in [3.63, 3.8) is 0 Å². The average molecular weight is 262 g/mol. The molecule has 1 aliphatic carbocycles. The predicted molar refractivity (Wildman–Crippen MR) is 75.4 cm³/mol. The molecule has 1 aromatic carbocycles. The van der Waals surface area contributed by atoms with Crippen molar-refractivity contribution in [3.05, 3.63) is 44.7 Å². The quantitative estimate of drug-likeness (QED) is 0.771. The summed E-state index contributed by atoms with van der Waals surface area (Å²) in [4.78, 5) is 15.9. The number of hydrogen-bond donors (Lipinski definition) is 1. The van der Waals surface area contributed by atoms with Gasteiger partial charge in [-0.2, -0.15) is 0 Å². The van der Waals surface area contributed by atoms with Crippen LogP contribution in [0.3, 0.4) is 0 Å². The van der Waals surface area contributed by atoms with Crippen molar-refractivity contribution in [2.24, 2.45) is 5.41 Å². The fraction of sp³-hybridized carbons (Fsp3) is 0.400. The van der Waals surface area contributed by atoms with Gasteiger partial charge in [-0.25, -0.2) is 0 Å². The van der Waals surface area contributed by atoms with E-state index in [0.29, 0.717) is 10.4 Å². The summed E-state index contributed by atoms with van der Waals surface area (Å²) in [5.41, 5.74) is 3.24. The molecule has 2 nitrogen and oxygen atoms in total. The Morgan fingerprint density at radius 2 is 2.11 bits per heavy atom. The molecule has 3 rings (SSSR count). The minimum absolute atomic E-state index is 0.111. The third-order valence-electron chi connectivity index (χ3n) is 3.87. The standard InChI is InChI=1S/C15H16ClNO/c1-15(2)7-6-9-12(8-15)17-11-5-3-4-10(16)13(11)14(9)18/h3-5H,6-8H2,1-2H3,(H,17,18). The van der Waals surface area contributed by atoms with Crippen molar-refractivity contribution in [2.45, 2.75) is 33.1 Å². The fourth-order valence-corrected chi connectivity index (χ4v) is 3.09. The van der Waals surface area contributed by atoms with E-state index in [1.807, 2.05) is 12.1 Å². The highest BCUT2D eigenvalue weighted by Crippen LogP contribution is 2.33. The minimum Gasteiger partial charge on any atom is -0.358 e. The number of nitrogens with one attached hydrogen (secondary N) is 1. The van der Waals surface area contributed by atoms with E-state index in [2.05, 4.69) is 18.8 Å². The van der Waals surface area contributed by atoms with E-state index in [1.165, 1.54) is 0 Å². The van der Waals surface area contributed by atoms with Gasteiger partial charge in [0.15, 0.2) is 5.43 Å². The number of halogens is 1. The van der Waals surface area contributed by atoms with Crippen LogP contribution < -0.4 is 5.43 Å². The lowest BCUT2D eigenvalue weighted by molar-refractivity contribution is 0.310. The van der Waals surface area contributed by atoms with Gasteiger partial charge < -0.3 is 4.98 Å². The highest BCUT2D eigenvalue weighted by Gasteiger charge is 2.28. The Hall–Kier alpha value is -1.28. The lowest BCUT2D eigenvalue weighted by Gasteiger charge is -2.30. The zero-order valence-electron chi connectivity index (χ0n) is 10.6. The summed E-state index contributed by atoms with van der Waals surface area (Å²) in [5.74, 6) is 0. The van der Waals surface area contributed by atoms with Crippen LogP contribution in [0.4, 0.5) is 0 Å². The number of fused-ring (bicyclic) bond motifs is 2. The van der Waals surface area contributed by atoms with Crippen molar-refractivity contribution in [1.29, 1.82) is 0 Å². The van der Waals surface area contributed by atoms with Gasteiger partial charge in [-0.3, -0.25) is 4.79 Å². The smallest absolute Gasteiger partial charge is 0.194 e. The van der Waals surface area contributed by atoms with E-state index in [4.69, 9.17) is 11.6 Å². The van der Waals surface area contributed by atoms with E-state index in [0.717, 1.165) is 36.0 Å². The molecule has 0 radical (unpaired) electrons. The summed E-state index contributed by atoms with van der Waals surface area (Å²) in [6, 6.07) is 5.57. The lowest BCUT2D eigenvalue weighted by Crippen LogP contribution is -2.28. The highest BCUT2D eigenvalue weighted by molar-refractivity contribution is 6.35. The molecule has 0 bridgehead atoms. The third-order valence-corrected chi connectivity index (χ3v) is 4.19. The number of rotatable bonds is 0. The molecule has 1 aromatic heterocycles. The molecule has 0 saturated heterocycles. The second-order valence-corrected chi connectivity index (χ2v) is 6.32. The van der Waals surface area contributed by atoms with Crippen LogP contribution in [-0.4, -0.2) is 4.98 Å². The molecule has 94 valence electrons. The maximum absolute atomic E-state index is 12.5. The summed E-state index contributed by atoms with van der Waals surface area (Å²) in [6.45, 7) is 4.49. The topological polar surface area (TPSA) is 32.9 Å². The van der Waals surface area contributed by atoms with Gasteiger partial charge in [0.05, 0.1) is 15.9 Å². The molecule has 0 spiro atoms. The Bertz CT molecular complexity index is 685. The zero-order chi connectivity index (χ0) is 12.9. The van der Waals surface area contributed by atoms with Crippen LogP contribution in [0, 0.1) is 5.41 Å². The van der Waals surface area contributed by atoms with E-state index >= 15 is 0 Å². The van der Waals surface area contributed by atoms with Crippen molar-refractivity contribution in [1.82, 2.24) is 4.98 Å². The third kappa shape index (κ3) is 1.76. The molecule has 1 aliphatic rings. The minimum atomic E-state index is 0.111. The first-order chi connectivity index (χ1) is 8.48. The Balaban J connectivity index is 2.33. The van der Waals surface area contributed by atoms with Crippen LogP contribution >= 0.6 is 11.6 Å². The van der Waals surface area contributed by atoms with Crippen molar-refractivity contribution < 1.29 is 0 Å². The molecular weight excluding hydrogens is 246 g/mol. The molecule has 1 heterocycles. The molecule has 2 aromatic rings. The molecule has 0 amide bonds. The predicted octanol–water partition coefficient (Wildman–Crippen LogP) is 3.70. The molecule has 3 heteroatoms. The van der Waals surface area contributed by atoms with E-state index < -0.39 is 0 Å². The van der Waals surface area contributed by atoms with E-state index in [-0.39, 0.29) is 10.8 Å². The number of aromatic nitrogens is 1. The fourth-order valence-electron chi connectivity index (χ4n) is 2.83. The van der Waals surface area contributed by atoms with Crippen LogP contribution in [0.1, 0.15) is 31.5 Å². The monoisotopic (exact) mass is 261 g/mol. The van der Waals surface area contributed by atoms with Gasteiger partial charge in [0.25, 0.3) is 0 Å². The summed E-state index contributed by atoms with van der Waals surface area (Å²) >= 11 is 6.14. The van der Waals surface area contributed by atoms with Gasteiger partial charge in [-0.1, -0.05) is 31.5 Å². The van der Waals surface area contributed by atoms with Crippen molar-refractivity contribution >= 4 is 22.5 Å². The largest absolute Gasteiger partial charge is 0.358 e. The number of hydrogen-bond acceptors (Lipinski definition) is 1. The first-order valence-corrected chi connectivity index (χ1v) is 6.68. The maximum Gasteiger partial charge on any atom is 0.194 e. The van der Waals surface area contributed by atoms with Crippen LogP contribution in [0.5, 0.6) is 0 Å². The number of aromatic amines is 1. The van der Waals surface area contributed by atoms with Crippen molar-refractivity contribution in [2.75, 3.05) is 0 Å². The molecule has 1 N–H and O–H groups in total. The Morgan fingerprint density at radius 1 is 1.33 bits per heavy atom. The first kappa shape index (κ1) is 11.8. The zero-order valence-corrected chi connectivity index (χ0v) is 11.4. The van der Waals surface area contributed by atoms with Gasteiger partial charge in [0.1, 0.15) is 0 Å². The lowest BCUT2D eigenvalue weighted by atomic mass is 9.76. The average Bonchev–Trinajstić information content (AvgIpc) is 2.27. The maximum atomic E-state index is 12.5. The second-order valence-electron chi connectivity index (χ2n) is 5.91. The molecule has 0 atom stereocenters. The Kier molecular flexibility index (Phi) is 2.53. The van der Waals surface area contributed by atoms with E-state index in [1.54, 1.807) is 6.07 Å². The van der Waals surface area contributed by atoms with Gasteiger partial charge in [0, 0.05) is 11.3 Å². The first-order valence-electron chi connectivity index (χ1n) is 6.30. The van der Waals surface area contributed by atoms with Crippen LogP contribution in [-0.2, 0) is 12.8 Å². The Labute approximate surface area is 111 Å². The normalized spacial score (nSPS) is 17.7. The van der Waals surface area contributed by atoms with Crippen molar-refractivity contribution in [3.8, 4) is 0 Å². The second kappa shape index (κ2) is 3.86. The highest BCUT2D eigenvalue weighted by atomic mass is 35.5. The van der Waals surface area contributed by atoms with Gasteiger partial charge in [-0.05, 0) is 36.8 Å². The number of pyridine rings is 1. The summed E-state index contributed by atoms with van der Waals surface area (Å²) < 4.78 is 0. The van der Waals surface area contributed by atoms with Gasteiger partial charge in [0.2, 0.25) is 0 Å².